The fourth-order valence-corrected chi connectivity index (χ4v) is 1.69. The maximum atomic E-state index is 11.9. The van der Waals surface area contributed by atoms with Gasteiger partial charge in [-0.3, -0.25) is 19.2 Å². The van der Waals surface area contributed by atoms with Crippen LogP contribution in [0, 0.1) is 0 Å². The normalized spacial score (nSPS) is 13.0. The van der Waals surface area contributed by atoms with Gasteiger partial charge in [-0.1, -0.05) is 0 Å². The third-order valence-corrected chi connectivity index (χ3v) is 2.99. The number of carboxylic acids is 2. The molecule has 0 aromatic rings. The molecule has 22 heavy (non-hydrogen) atoms. The van der Waals surface area contributed by atoms with Crippen molar-refractivity contribution in [2.45, 2.75) is 24.9 Å². The number of rotatable bonds is 10. The summed E-state index contributed by atoms with van der Waals surface area (Å²) in [7, 11) is 0. The second-order valence-corrected chi connectivity index (χ2v) is 4.72. The second kappa shape index (κ2) is 9.97. The van der Waals surface area contributed by atoms with Gasteiger partial charge in [0.15, 0.2) is 0 Å². The number of thiol groups is 1. The lowest BCUT2D eigenvalue weighted by molar-refractivity contribution is -0.148. The summed E-state index contributed by atoms with van der Waals surface area (Å²) in [6.45, 7) is -1.55. The van der Waals surface area contributed by atoms with Gasteiger partial charge in [0.25, 0.3) is 0 Å². The summed E-state index contributed by atoms with van der Waals surface area (Å²) in [6, 6.07) is -2.33. The molecular weight excluding hydrogens is 318 g/mol. The Bertz CT molecular complexity index is 432. The molecule has 2 atom stereocenters. The van der Waals surface area contributed by atoms with Crippen molar-refractivity contribution in [3.05, 3.63) is 0 Å². The van der Waals surface area contributed by atoms with Crippen molar-refractivity contribution in [2.75, 3.05) is 19.0 Å². The molecule has 0 heterocycles. The summed E-state index contributed by atoms with van der Waals surface area (Å²) in [6.07, 6.45) is -0.337. The van der Waals surface area contributed by atoms with Crippen LogP contribution in [-0.4, -0.2) is 75.1 Å². The molecule has 0 saturated heterocycles. The number of aliphatic carboxylic acids is 2. The molecule has 0 aliphatic heterocycles. The largest absolute Gasteiger partial charge is 0.480 e. The van der Waals surface area contributed by atoms with Gasteiger partial charge in [0.05, 0.1) is 0 Å². The van der Waals surface area contributed by atoms with Crippen LogP contribution < -0.4 is 11.1 Å². The zero-order valence-corrected chi connectivity index (χ0v) is 12.5. The minimum Gasteiger partial charge on any atom is -0.480 e. The highest BCUT2D eigenvalue weighted by molar-refractivity contribution is 7.80. The summed E-state index contributed by atoms with van der Waals surface area (Å²) in [5.74, 6) is -4.12. The predicted octanol–water partition coefficient (Wildman–Crippen LogP) is -2.54. The third kappa shape index (κ3) is 7.24. The van der Waals surface area contributed by atoms with Crippen molar-refractivity contribution in [1.82, 2.24) is 10.2 Å². The van der Waals surface area contributed by atoms with Crippen molar-refractivity contribution in [3.8, 4) is 0 Å². The van der Waals surface area contributed by atoms with Crippen molar-refractivity contribution in [2.24, 2.45) is 5.73 Å². The summed E-state index contributed by atoms with van der Waals surface area (Å²) in [4.78, 5) is 45.3. The van der Waals surface area contributed by atoms with E-state index in [1.54, 1.807) is 0 Å². The van der Waals surface area contributed by atoms with E-state index in [-0.39, 0.29) is 18.6 Å². The van der Waals surface area contributed by atoms with Crippen molar-refractivity contribution < 1.29 is 34.5 Å². The maximum absolute atomic E-state index is 11.9. The van der Waals surface area contributed by atoms with E-state index in [0.717, 1.165) is 0 Å². The van der Waals surface area contributed by atoms with Gasteiger partial charge in [0.2, 0.25) is 11.8 Å². The number of nitrogens with one attached hydrogen (secondary N) is 1. The molecule has 0 spiro atoms. The van der Waals surface area contributed by atoms with Gasteiger partial charge in [-0.25, -0.2) is 0 Å². The Kier molecular flexibility index (Phi) is 9.13. The van der Waals surface area contributed by atoms with Crippen LogP contribution in [0.15, 0.2) is 0 Å². The van der Waals surface area contributed by atoms with E-state index in [4.69, 9.17) is 21.1 Å². The van der Waals surface area contributed by atoms with E-state index in [0.29, 0.717) is 4.90 Å². The van der Waals surface area contributed by atoms with E-state index in [1.165, 1.54) is 0 Å². The van der Waals surface area contributed by atoms with E-state index < -0.39 is 49.1 Å². The summed E-state index contributed by atoms with van der Waals surface area (Å²) >= 11 is 3.88. The molecule has 0 bridgehead atoms. The Balaban J connectivity index is 4.56. The van der Waals surface area contributed by atoms with Gasteiger partial charge in [-0.05, 0) is 6.42 Å². The SMILES string of the molecule is NC(CCC(=O)NC(CS)C(=O)N(CO)CC(=O)O)C(=O)O. The highest BCUT2D eigenvalue weighted by Crippen LogP contribution is 2.01. The van der Waals surface area contributed by atoms with Gasteiger partial charge < -0.3 is 31.3 Å². The first kappa shape index (κ1) is 20.1. The summed E-state index contributed by atoms with van der Waals surface area (Å²) < 4.78 is 0. The zero-order chi connectivity index (χ0) is 17.3. The number of carboxylic acid groups (broad SMARTS) is 2. The van der Waals surface area contributed by atoms with Crippen LogP contribution in [0.4, 0.5) is 0 Å². The Morgan fingerprint density at radius 2 is 1.82 bits per heavy atom. The summed E-state index contributed by atoms with van der Waals surface area (Å²) in [5, 5.41) is 28.5. The Hall–Kier alpha value is -1.85. The van der Waals surface area contributed by atoms with Gasteiger partial charge in [-0.15, -0.1) is 0 Å². The van der Waals surface area contributed by atoms with Crippen LogP contribution in [0.3, 0.4) is 0 Å². The van der Waals surface area contributed by atoms with Gasteiger partial charge >= 0.3 is 11.9 Å². The molecule has 0 radical (unpaired) electrons. The number of aliphatic hydroxyl groups excluding tert-OH is 1. The quantitative estimate of drug-likeness (QED) is 0.187. The standard InChI is InChI=1S/C11H19N3O7S/c12-6(11(20)21)1-2-8(16)13-7(4-22)10(19)14(5-15)3-9(17)18/h6-7,15,22H,1-5,12H2,(H,13,16)(H,17,18)(H,20,21). The van der Waals surface area contributed by atoms with Crippen molar-refractivity contribution in [3.63, 3.8) is 0 Å². The fourth-order valence-electron chi connectivity index (χ4n) is 1.44. The van der Waals surface area contributed by atoms with Gasteiger partial charge in [0.1, 0.15) is 25.4 Å². The fraction of sp³-hybridized carbons (Fsp3) is 0.636. The third-order valence-electron chi connectivity index (χ3n) is 2.62. The molecule has 0 aromatic heterocycles. The van der Waals surface area contributed by atoms with Crippen molar-refractivity contribution >= 4 is 36.4 Å². The van der Waals surface area contributed by atoms with Crippen LogP contribution in [0.5, 0.6) is 0 Å². The van der Waals surface area contributed by atoms with Crippen molar-refractivity contribution in [1.29, 1.82) is 0 Å². The number of carbonyl (C=O) groups excluding carboxylic acids is 2. The Morgan fingerprint density at radius 1 is 1.23 bits per heavy atom. The molecule has 0 rings (SSSR count). The first-order valence-corrected chi connectivity index (χ1v) is 6.86. The van der Waals surface area contributed by atoms with E-state index in [2.05, 4.69) is 17.9 Å². The molecule has 0 aromatic carbocycles. The number of hydrogen-bond donors (Lipinski definition) is 6. The minimum atomic E-state index is -1.32. The van der Waals surface area contributed by atoms with Gasteiger partial charge in [-0.2, -0.15) is 12.6 Å². The highest BCUT2D eigenvalue weighted by atomic mass is 32.1. The molecule has 10 nitrogen and oxygen atoms in total. The number of amides is 2. The summed E-state index contributed by atoms with van der Waals surface area (Å²) in [5.41, 5.74) is 5.24. The molecule has 2 amide bonds. The number of hydrogen-bond acceptors (Lipinski definition) is 7. The topological polar surface area (TPSA) is 170 Å². The van der Waals surface area contributed by atoms with Crippen LogP contribution in [0.1, 0.15) is 12.8 Å². The lowest BCUT2D eigenvalue weighted by Crippen LogP contribution is -2.51. The molecular formula is C11H19N3O7S. The molecule has 126 valence electrons. The monoisotopic (exact) mass is 337 g/mol. The number of carbonyl (C=O) groups is 4. The molecule has 0 fully saturated rings. The Morgan fingerprint density at radius 3 is 2.23 bits per heavy atom. The number of aliphatic hydroxyl groups is 1. The van der Waals surface area contributed by atoms with Crippen LogP contribution in [0.2, 0.25) is 0 Å². The molecule has 2 unspecified atom stereocenters. The van der Waals surface area contributed by atoms with Crippen LogP contribution in [-0.2, 0) is 19.2 Å². The lowest BCUT2D eigenvalue weighted by Gasteiger charge is -2.24. The average Bonchev–Trinajstić information content (AvgIpc) is 2.46. The number of nitrogens with two attached hydrogens (primary N) is 1. The molecule has 11 heteroatoms. The van der Waals surface area contributed by atoms with Gasteiger partial charge in [0, 0.05) is 12.2 Å². The predicted molar refractivity (Wildman–Crippen MR) is 77.1 cm³/mol. The van der Waals surface area contributed by atoms with Crippen LogP contribution in [0.25, 0.3) is 0 Å². The second-order valence-electron chi connectivity index (χ2n) is 4.36. The maximum Gasteiger partial charge on any atom is 0.323 e. The van der Waals surface area contributed by atoms with E-state index in [1.807, 2.05) is 0 Å². The first-order chi connectivity index (χ1) is 10.2. The average molecular weight is 337 g/mol. The minimum absolute atomic E-state index is 0.118. The van der Waals surface area contributed by atoms with E-state index in [9.17, 15) is 19.2 Å². The van der Waals surface area contributed by atoms with E-state index >= 15 is 0 Å². The molecule has 0 saturated carbocycles. The lowest BCUT2D eigenvalue weighted by atomic mass is 10.1. The highest BCUT2D eigenvalue weighted by Gasteiger charge is 2.26. The number of nitrogens with zero attached hydrogens (tertiary/aromatic N) is 1. The first-order valence-electron chi connectivity index (χ1n) is 6.23. The van der Waals surface area contributed by atoms with Crippen LogP contribution >= 0.6 is 12.6 Å². The molecule has 0 aliphatic carbocycles. The zero-order valence-electron chi connectivity index (χ0n) is 11.6. The molecule has 0 aliphatic rings. The molecule has 6 N–H and O–H groups in total. The smallest absolute Gasteiger partial charge is 0.323 e. The Labute approximate surface area is 131 Å².